The third kappa shape index (κ3) is 4.06. The van der Waals surface area contributed by atoms with Crippen molar-refractivity contribution in [3.05, 3.63) is 42.1 Å². The molecule has 0 radical (unpaired) electrons. The number of nitrogens with zero attached hydrogens (tertiary/aromatic N) is 2. The maximum Gasteiger partial charge on any atom is 0.273 e. The van der Waals surface area contributed by atoms with Crippen molar-refractivity contribution in [2.24, 2.45) is 0 Å². The Morgan fingerprint density at radius 3 is 2.80 bits per heavy atom. The molecule has 2 amide bonds. The highest BCUT2D eigenvalue weighted by Crippen LogP contribution is 2.19. The molecule has 3 rings (SSSR count). The minimum absolute atomic E-state index is 0.000164. The predicted octanol–water partition coefficient (Wildman–Crippen LogP) is 1.71. The Labute approximate surface area is 145 Å². The van der Waals surface area contributed by atoms with Gasteiger partial charge in [-0.05, 0) is 13.8 Å². The van der Waals surface area contributed by atoms with Gasteiger partial charge in [0.15, 0.2) is 11.5 Å². The number of hydrogen-bond acceptors (Lipinski definition) is 5. The van der Waals surface area contributed by atoms with Crippen molar-refractivity contribution < 1.29 is 18.8 Å². The van der Waals surface area contributed by atoms with Gasteiger partial charge in [-0.25, -0.2) is 0 Å². The Kier molecular flexibility index (Phi) is 5.14. The third-order valence-electron chi connectivity index (χ3n) is 4.13. The number of carbonyl (C=O) groups excluding carboxylic acids is 2. The highest BCUT2D eigenvalue weighted by atomic mass is 16.5. The fraction of sp³-hybridized carbons (Fsp3) is 0.389. The Morgan fingerprint density at radius 2 is 2.04 bits per heavy atom. The summed E-state index contributed by atoms with van der Waals surface area (Å²) < 4.78 is 10.7. The van der Waals surface area contributed by atoms with Gasteiger partial charge in [-0.2, -0.15) is 0 Å². The number of amides is 2. The van der Waals surface area contributed by atoms with Gasteiger partial charge in [-0.15, -0.1) is 0 Å². The standard InChI is InChI=1S/C18H21N3O4/c1-12-11-24-13(2)10-21(12)17(22)9-19-18(23)15-8-16(25-20-15)14-6-4-3-5-7-14/h3-8,12-13H,9-11H2,1-2H3,(H,19,23)/t12-,13+/m1/s1. The molecule has 25 heavy (non-hydrogen) atoms. The van der Waals surface area contributed by atoms with Crippen molar-refractivity contribution in [2.45, 2.75) is 26.0 Å². The fourth-order valence-corrected chi connectivity index (χ4v) is 2.72. The van der Waals surface area contributed by atoms with Crippen molar-refractivity contribution in [1.29, 1.82) is 0 Å². The topological polar surface area (TPSA) is 84.7 Å². The summed E-state index contributed by atoms with van der Waals surface area (Å²) in [5, 5.41) is 6.38. The Hall–Kier alpha value is -2.67. The highest BCUT2D eigenvalue weighted by molar-refractivity contribution is 5.95. The Morgan fingerprint density at radius 1 is 1.28 bits per heavy atom. The molecular formula is C18H21N3O4. The summed E-state index contributed by atoms with van der Waals surface area (Å²) in [7, 11) is 0. The van der Waals surface area contributed by atoms with Gasteiger partial charge in [0.05, 0.1) is 25.3 Å². The molecule has 7 nitrogen and oxygen atoms in total. The second-order valence-electron chi connectivity index (χ2n) is 6.16. The molecule has 7 heteroatoms. The van der Waals surface area contributed by atoms with Gasteiger partial charge in [0.1, 0.15) is 0 Å². The molecule has 132 valence electrons. The number of carbonyl (C=O) groups is 2. The number of hydrogen-bond donors (Lipinski definition) is 1. The molecule has 1 aliphatic heterocycles. The van der Waals surface area contributed by atoms with Crippen molar-refractivity contribution in [3.8, 4) is 11.3 Å². The first-order valence-corrected chi connectivity index (χ1v) is 8.26. The third-order valence-corrected chi connectivity index (χ3v) is 4.13. The SMILES string of the molecule is C[C@@H]1CO[C@@H](C)CN1C(=O)CNC(=O)c1cc(-c2ccccc2)on1. The zero-order valence-corrected chi connectivity index (χ0v) is 14.3. The zero-order chi connectivity index (χ0) is 17.8. The van der Waals surface area contributed by atoms with Gasteiger partial charge in [0.25, 0.3) is 5.91 Å². The summed E-state index contributed by atoms with van der Waals surface area (Å²) in [5.41, 5.74) is 0.983. The van der Waals surface area contributed by atoms with E-state index in [4.69, 9.17) is 9.26 Å². The monoisotopic (exact) mass is 343 g/mol. The summed E-state index contributed by atoms with van der Waals surface area (Å²) in [6.07, 6.45) is -0.000164. The Bertz CT molecular complexity index is 744. The normalized spacial score (nSPS) is 20.3. The number of nitrogens with one attached hydrogen (secondary N) is 1. The largest absolute Gasteiger partial charge is 0.375 e. The van der Waals surface area contributed by atoms with E-state index in [2.05, 4.69) is 10.5 Å². The second-order valence-corrected chi connectivity index (χ2v) is 6.16. The van der Waals surface area contributed by atoms with E-state index in [0.717, 1.165) is 5.56 Å². The molecule has 0 unspecified atom stereocenters. The van der Waals surface area contributed by atoms with Crippen LogP contribution in [0.5, 0.6) is 0 Å². The molecule has 0 aliphatic carbocycles. The highest BCUT2D eigenvalue weighted by Gasteiger charge is 2.27. The minimum atomic E-state index is -0.437. The molecule has 2 atom stereocenters. The number of ether oxygens (including phenoxy) is 1. The number of rotatable bonds is 4. The van der Waals surface area contributed by atoms with Crippen LogP contribution in [0.25, 0.3) is 11.3 Å². The maximum absolute atomic E-state index is 12.3. The number of morpholine rings is 1. The van der Waals surface area contributed by atoms with Crippen LogP contribution in [0.4, 0.5) is 0 Å². The molecule has 1 aromatic heterocycles. The molecule has 1 N–H and O–H groups in total. The number of benzene rings is 1. The van der Waals surface area contributed by atoms with E-state index in [0.29, 0.717) is 18.9 Å². The Balaban J connectivity index is 1.58. The van der Waals surface area contributed by atoms with Crippen molar-refractivity contribution in [3.63, 3.8) is 0 Å². The molecule has 2 heterocycles. The molecular weight excluding hydrogens is 322 g/mol. The first-order chi connectivity index (χ1) is 12.0. The quantitative estimate of drug-likeness (QED) is 0.913. The lowest BCUT2D eigenvalue weighted by atomic mass is 10.1. The summed E-state index contributed by atoms with van der Waals surface area (Å²) >= 11 is 0. The zero-order valence-electron chi connectivity index (χ0n) is 14.3. The van der Waals surface area contributed by atoms with Crippen LogP contribution in [0.15, 0.2) is 40.9 Å². The van der Waals surface area contributed by atoms with Crippen molar-refractivity contribution >= 4 is 11.8 Å². The van der Waals surface area contributed by atoms with E-state index in [1.165, 1.54) is 0 Å². The molecule has 2 aromatic rings. The predicted molar refractivity (Wildman–Crippen MR) is 90.9 cm³/mol. The van der Waals surface area contributed by atoms with E-state index in [1.807, 2.05) is 44.2 Å². The van der Waals surface area contributed by atoms with Crippen LogP contribution >= 0.6 is 0 Å². The van der Waals surface area contributed by atoms with Crippen LogP contribution in [-0.2, 0) is 9.53 Å². The van der Waals surface area contributed by atoms with Crippen LogP contribution in [0.3, 0.4) is 0 Å². The average Bonchev–Trinajstić information content (AvgIpc) is 3.12. The average molecular weight is 343 g/mol. The van der Waals surface area contributed by atoms with Crippen LogP contribution in [0.2, 0.25) is 0 Å². The summed E-state index contributed by atoms with van der Waals surface area (Å²) in [5.74, 6) is -0.0660. The van der Waals surface area contributed by atoms with Crippen LogP contribution in [-0.4, -0.2) is 53.7 Å². The maximum atomic E-state index is 12.3. The molecule has 0 saturated carbocycles. The lowest BCUT2D eigenvalue weighted by Crippen LogP contribution is -2.52. The first-order valence-electron chi connectivity index (χ1n) is 8.26. The first kappa shape index (κ1) is 17.2. The fourth-order valence-electron chi connectivity index (χ4n) is 2.72. The van der Waals surface area contributed by atoms with Crippen molar-refractivity contribution in [1.82, 2.24) is 15.4 Å². The van der Waals surface area contributed by atoms with E-state index in [1.54, 1.807) is 11.0 Å². The van der Waals surface area contributed by atoms with Crippen LogP contribution < -0.4 is 5.32 Å². The van der Waals surface area contributed by atoms with Gasteiger partial charge in [0.2, 0.25) is 5.91 Å². The smallest absolute Gasteiger partial charge is 0.273 e. The van der Waals surface area contributed by atoms with Gasteiger partial charge in [0, 0.05) is 18.2 Å². The lowest BCUT2D eigenvalue weighted by Gasteiger charge is -2.36. The van der Waals surface area contributed by atoms with E-state index in [9.17, 15) is 9.59 Å². The van der Waals surface area contributed by atoms with Gasteiger partial charge < -0.3 is 19.5 Å². The summed E-state index contributed by atoms with van der Waals surface area (Å²) in [4.78, 5) is 26.3. The number of aromatic nitrogens is 1. The van der Waals surface area contributed by atoms with Gasteiger partial charge >= 0.3 is 0 Å². The minimum Gasteiger partial charge on any atom is -0.375 e. The van der Waals surface area contributed by atoms with Crippen LogP contribution in [0, 0.1) is 0 Å². The van der Waals surface area contributed by atoms with E-state index < -0.39 is 5.91 Å². The van der Waals surface area contributed by atoms with Crippen LogP contribution in [0.1, 0.15) is 24.3 Å². The molecule has 0 spiro atoms. The summed E-state index contributed by atoms with van der Waals surface area (Å²) in [6.45, 7) is 4.80. The lowest BCUT2D eigenvalue weighted by molar-refractivity contribution is -0.142. The van der Waals surface area contributed by atoms with Gasteiger partial charge in [-0.3, -0.25) is 9.59 Å². The van der Waals surface area contributed by atoms with E-state index in [-0.39, 0.29) is 30.3 Å². The summed E-state index contributed by atoms with van der Waals surface area (Å²) in [6, 6.07) is 10.9. The molecule has 1 fully saturated rings. The van der Waals surface area contributed by atoms with Crippen molar-refractivity contribution in [2.75, 3.05) is 19.7 Å². The molecule has 1 saturated heterocycles. The molecule has 0 bridgehead atoms. The molecule has 1 aliphatic rings. The molecule has 1 aromatic carbocycles. The van der Waals surface area contributed by atoms with E-state index >= 15 is 0 Å². The second kappa shape index (κ2) is 7.48. The van der Waals surface area contributed by atoms with Gasteiger partial charge in [-0.1, -0.05) is 35.5 Å².